The average Bonchev–Trinajstić information content (AvgIpc) is 2.65. The van der Waals surface area contributed by atoms with E-state index >= 15 is 0 Å². The molecule has 0 heterocycles. The molecule has 0 aliphatic carbocycles. The van der Waals surface area contributed by atoms with E-state index in [-0.39, 0.29) is 12.0 Å². The van der Waals surface area contributed by atoms with Crippen molar-refractivity contribution >= 4 is 11.6 Å². The van der Waals surface area contributed by atoms with E-state index < -0.39 is 17.6 Å². The van der Waals surface area contributed by atoms with Gasteiger partial charge in [-0.2, -0.15) is 13.2 Å². The number of alkyl halides is 3. The van der Waals surface area contributed by atoms with Gasteiger partial charge in [0.2, 0.25) is 5.91 Å². The number of nitrogens with one attached hydrogen (secondary N) is 1. The van der Waals surface area contributed by atoms with Crippen LogP contribution in [-0.4, -0.2) is 19.1 Å². The van der Waals surface area contributed by atoms with E-state index in [4.69, 9.17) is 9.47 Å². The Morgan fingerprint density at radius 1 is 0.964 bits per heavy atom. The Morgan fingerprint density at radius 3 is 2.29 bits per heavy atom. The highest BCUT2D eigenvalue weighted by molar-refractivity contribution is 5.92. The predicted molar refractivity (Wildman–Crippen MR) is 102 cm³/mol. The van der Waals surface area contributed by atoms with Crippen molar-refractivity contribution in [2.75, 3.05) is 18.5 Å². The summed E-state index contributed by atoms with van der Waals surface area (Å²) in [4.78, 5) is 12.3. The Kier molecular flexibility index (Phi) is 7.72. The van der Waals surface area contributed by atoms with Crippen LogP contribution in [0, 0.1) is 0 Å². The number of halogens is 3. The van der Waals surface area contributed by atoms with E-state index in [0.29, 0.717) is 30.4 Å². The quantitative estimate of drug-likeness (QED) is 0.613. The first-order chi connectivity index (χ1) is 13.3. The zero-order valence-electron chi connectivity index (χ0n) is 15.9. The van der Waals surface area contributed by atoms with Crippen molar-refractivity contribution in [2.24, 2.45) is 0 Å². The van der Waals surface area contributed by atoms with Gasteiger partial charge in [0.1, 0.15) is 0 Å². The van der Waals surface area contributed by atoms with Crippen molar-refractivity contribution in [3.8, 4) is 11.5 Å². The second-order valence-corrected chi connectivity index (χ2v) is 6.28. The average molecular weight is 395 g/mol. The second kappa shape index (κ2) is 10.0. The Labute approximate surface area is 162 Å². The molecule has 0 fully saturated rings. The van der Waals surface area contributed by atoms with Gasteiger partial charge in [-0.25, -0.2) is 0 Å². The molecule has 0 aromatic heterocycles. The Hall–Kier alpha value is -2.70. The summed E-state index contributed by atoms with van der Waals surface area (Å²) in [6.07, 6.45) is -2.93. The van der Waals surface area contributed by atoms with Crippen molar-refractivity contribution in [3.63, 3.8) is 0 Å². The number of benzene rings is 2. The number of rotatable bonds is 9. The lowest BCUT2D eigenvalue weighted by atomic mass is 10.1. The molecule has 1 amide bonds. The number of hydrogen-bond donors (Lipinski definition) is 1. The smallest absolute Gasteiger partial charge is 0.416 e. The molecule has 152 valence electrons. The van der Waals surface area contributed by atoms with Crippen LogP contribution in [0.25, 0.3) is 0 Å². The fraction of sp³-hybridized carbons (Fsp3) is 0.381. The highest BCUT2D eigenvalue weighted by Crippen LogP contribution is 2.31. The lowest BCUT2D eigenvalue weighted by Gasteiger charge is -2.14. The zero-order chi connectivity index (χ0) is 20.6. The van der Waals surface area contributed by atoms with Gasteiger partial charge in [-0.1, -0.05) is 32.0 Å². The molecule has 2 aromatic carbocycles. The normalized spacial score (nSPS) is 11.2. The van der Waals surface area contributed by atoms with Gasteiger partial charge >= 0.3 is 6.18 Å². The SMILES string of the molecule is CCCOc1ccc(NC(=O)Cc2cccc(C(F)(F)F)c2)cc1OCCC. The zero-order valence-corrected chi connectivity index (χ0v) is 15.9. The highest BCUT2D eigenvalue weighted by atomic mass is 19.4. The molecule has 0 radical (unpaired) electrons. The summed E-state index contributed by atoms with van der Waals surface area (Å²) in [5.41, 5.74) is 0.00934. The second-order valence-electron chi connectivity index (χ2n) is 6.28. The predicted octanol–water partition coefficient (Wildman–Crippen LogP) is 5.46. The Balaban J connectivity index is 2.08. The molecule has 0 spiro atoms. The topological polar surface area (TPSA) is 47.6 Å². The molecule has 0 saturated heterocycles. The number of ether oxygens (including phenoxy) is 2. The van der Waals surface area contributed by atoms with Crippen LogP contribution < -0.4 is 14.8 Å². The fourth-order valence-corrected chi connectivity index (χ4v) is 2.49. The minimum absolute atomic E-state index is 0.164. The highest BCUT2D eigenvalue weighted by Gasteiger charge is 2.30. The monoisotopic (exact) mass is 395 g/mol. The van der Waals surface area contributed by atoms with Gasteiger partial charge in [-0.15, -0.1) is 0 Å². The molecule has 7 heteroatoms. The van der Waals surface area contributed by atoms with E-state index in [9.17, 15) is 18.0 Å². The van der Waals surface area contributed by atoms with Crippen LogP contribution in [0.15, 0.2) is 42.5 Å². The summed E-state index contributed by atoms with van der Waals surface area (Å²) in [5, 5.41) is 2.69. The van der Waals surface area contributed by atoms with Gasteiger partial charge in [0, 0.05) is 11.8 Å². The molecule has 28 heavy (non-hydrogen) atoms. The standard InChI is InChI=1S/C21H24F3NO3/c1-3-10-27-18-9-8-17(14-19(18)28-11-4-2)25-20(26)13-15-6-5-7-16(12-15)21(22,23)24/h5-9,12,14H,3-4,10-11,13H2,1-2H3,(H,25,26). The maximum absolute atomic E-state index is 12.8. The maximum Gasteiger partial charge on any atom is 0.416 e. The third-order valence-corrected chi connectivity index (χ3v) is 3.77. The summed E-state index contributed by atoms with van der Waals surface area (Å²) < 4.78 is 49.7. The number of anilines is 1. The number of amides is 1. The largest absolute Gasteiger partial charge is 0.490 e. The van der Waals surface area contributed by atoms with Gasteiger partial charge in [0.05, 0.1) is 25.2 Å². The lowest BCUT2D eigenvalue weighted by molar-refractivity contribution is -0.137. The fourth-order valence-electron chi connectivity index (χ4n) is 2.49. The van der Waals surface area contributed by atoms with E-state index in [1.165, 1.54) is 12.1 Å². The molecule has 4 nitrogen and oxygen atoms in total. The van der Waals surface area contributed by atoms with Crippen LogP contribution in [0.4, 0.5) is 18.9 Å². The van der Waals surface area contributed by atoms with Crippen molar-refractivity contribution in [3.05, 3.63) is 53.6 Å². The molecule has 2 aromatic rings. The van der Waals surface area contributed by atoms with Crippen LogP contribution in [0.5, 0.6) is 11.5 Å². The third-order valence-electron chi connectivity index (χ3n) is 3.77. The summed E-state index contributed by atoms with van der Waals surface area (Å²) in [6, 6.07) is 9.79. The molecular weight excluding hydrogens is 371 g/mol. The van der Waals surface area contributed by atoms with Crippen molar-refractivity contribution in [2.45, 2.75) is 39.3 Å². The molecule has 0 saturated carbocycles. The number of carbonyl (C=O) groups excluding carboxylic acids is 1. The van der Waals surface area contributed by atoms with Crippen molar-refractivity contribution in [1.82, 2.24) is 0 Å². The van der Waals surface area contributed by atoms with Crippen LogP contribution >= 0.6 is 0 Å². The van der Waals surface area contributed by atoms with Gasteiger partial charge < -0.3 is 14.8 Å². The number of carbonyl (C=O) groups is 1. The molecule has 2 rings (SSSR count). The third kappa shape index (κ3) is 6.48. The first kappa shape index (κ1) is 21.6. The summed E-state index contributed by atoms with van der Waals surface area (Å²) in [5.74, 6) is 0.696. The first-order valence-electron chi connectivity index (χ1n) is 9.19. The molecule has 1 N–H and O–H groups in total. The first-order valence-corrected chi connectivity index (χ1v) is 9.19. The van der Waals surface area contributed by atoms with Crippen molar-refractivity contribution in [1.29, 1.82) is 0 Å². The maximum atomic E-state index is 12.8. The van der Waals surface area contributed by atoms with E-state index in [0.717, 1.165) is 25.0 Å². The van der Waals surface area contributed by atoms with Gasteiger partial charge in [-0.3, -0.25) is 4.79 Å². The minimum atomic E-state index is -4.44. The minimum Gasteiger partial charge on any atom is -0.490 e. The van der Waals surface area contributed by atoms with Crippen LogP contribution in [0.2, 0.25) is 0 Å². The van der Waals surface area contributed by atoms with Gasteiger partial charge in [-0.05, 0) is 36.6 Å². The van der Waals surface area contributed by atoms with Crippen LogP contribution in [-0.2, 0) is 17.4 Å². The molecule has 0 aliphatic heterocycles. The summed E-state index contributed by atoms with van der Waals surface area (Å²) in [7, 11) is 0. The van der Waals surface area contributed by atoms with Gasteiger partial charge in [0.25, 0.3) is 0 Å². The van der Waals surface area contributed by atoms with Gasteiger partial charge in [0.15, 0.2) is 11.5 Å². The van der Waals surface area contributed by atoms with Crippen molar-refractivity contribution < 1.29 is 27.4 Å². The summed E-state index contributed by atoms with van der Waals surface area (Å²) >= 11 is 0. The molecular formula is C21H24F3NO3. The molecule has 0 unspecified atom stereocenters. The van der Waals surface area contributed by atoms with Crippen LogP contribution in [0.1, 0.15) is 37.8 Å². The van der Waals surface area contributed by atoms with E-state index in [1.54, 1.807) is 18.2 Å². The number of hydrogen-bond acceptors (Lipinski definition) is 3. The molecule has 0 aliphatic rings. The lowest BCUT2D eigenvalue weighted by Crippen LogP contribution is -2.15. The molecule has 0 atom stereocenters. The van der Waals surface area contributed by atoms with Crippen LogP contribution in [0.3, 0.4) is 0 Å². The molecule has 0 bridgehead atoms. The Bertz CT molecular complexity index is 791. The van der Waals surface area contributed by atoms with E-state index in [2.05, 4.69) is 5.32 Å². The summed E-state index contributed by atoms with van der Waals surface area (Å²) in [6.45, 7) is 5.02. The Morgan fingerprint density at radius 2 is 1.64 bits per heavy atom. The van der Waals surface area contributed by atoms with E-state index in [1.807, 2.05) is 13.8 Å².